The number of rotatable bonds is 6. The van der Waals surface area contributed by atoms with E-state index in [9.17, 15) is 8.42 Å². The Bertz CT molecular complexity index is 691. The standard InChI is InChI=1S/C19H30N2O3S/c1-16-5-6-17(2)18(13-16)25(22,23)20-14-19(7-11-24-12-8-19)15-21-9-3-4-10-21/h5-6,13,20H,3-4,7-12,14-15H2,1-2H3. The molecule has 6 heteroatoms. The molecule has 2 saturated heterocycles. The van der Waals surface area contributed by atoms with Gasteiger partial charge in [0.05, 0.1) is 4.90 Å². The van der Waals surface area contributed by atoms with Crippen molar-refractivity contribution in [3.8, 4) is 0 Å². The number of aryl methyl sites for hydroxylation is 2. The second-order valence-electron chi connectivity index (χ2n) is 7.69. The molecule has 5 nitrogen and oxygen atoms in total. The van der Waals surface area contributed by atoms with Crippen molar-refractivity contribution < 1.29 is 13.2 Å². The first kappa shape index (κ1) is 18.8. The maximum absolute atomic E-state index is 12.9. The van der Waals surface area contributed by atoms with Gasteiger partial charge in [-0.25, -0.2) is 13.1 Å². The lowest BCUT2D eigenvalue weighted by atomic mass is 9.80. The Balaban J connectivity index is 1.74. The van der Waals surface area contributed by atoms with Gasteiger partial charge >= 0.3 is 0 Å². The summed E-state index contributed by atoms with van der Waals surface area (Å²) in [6, 6.07) is 5.58. The zero-order chi connectivity index (χ0) is 17.9. The highest BCUT2D eigenvalue weighted by Gasteiger charge is 2.36. The second-order valence-corrected chi connectivity index (χ2v) is 9.42. The molecule has 2 fully saturated rings. The van der Waals surface area contributed by atoms with Gasteiger partial charge in [0.25, 0.3) is 0 Å². The maximum Gasteiger partial charge on any atom is 0.240 e. The number of likely N-dealkylation sites (tertiary alicyclic amines) is 1. The molecule has 1 aromatic carbocycles. The first-order valence-corrected chi connectivity index (χ1v) is 10.8. The Hall–Kier alpha value is -0.950. The Morgan fingerprint density at radius 3 is 2.52 bits per heavy atom. The maximum atomic E-state index is 12.9. The van der Waals surface area contributed by atoms with E-state index in [0.717, 1.165) is 56.8 Å². The largest absolute Gasteiger partial charge is 0.381 e. The third-order valence-corrected chi connectivity index (χ3v) is 7.12. The molecule has 2 heterocycles. The van der Waals surface area contributed by atoms with Crippen LogP contribution in [0.3, 0.4) is 0 Å². The summed E-state index contributed by atoms with van der Waals surface area (Å²) < 4.78 is 34.2. The van der Waals surface area contributed by atoms with Crippen LogP contribution < -0.4 is 4.72 Å². The van der Waals surface area contributed by atoms with Crippen LogP contribution in [-0.4, -0.2) is 52.7 Å². The van der Waals surface area contributed by atoms with Crippen LogP contribution in [0.15, 0.2) is 23.1 Å². The van der Waals surface area contributed by atoms with Gasteiger partial charge in [-0.3, -0.25) is 0 Å². The van der Waals surface area contributed by atoms with Crippen molar-refractivity contribution in [1.82, 2.24) is 9.62 Å². The fourth-order valence-electron chi connectivity index (χ4n) is 3.93. The van der Waals surface area contributed by atoms with Crippen LogP contribution in [0, 0.1) is 19.3 Å². The van der Waals surface area contributed by atoms with Gasteiger partial charge in [-0.1, -0.05) is 12.1 Å². The molecule has 0 unspecified atom stereocenters. The predicted octanol–water partition coefficient (Wildman–Crippen LogP) is 2.47. The second kappa shape index (κ2) is 7.74. The monoisotopic (exact) mass is 366 g/mol. The number of hydrogen-bond acceptors (Lipinski definition) is 4. The highest BCUT2D eigenvalue weighted by Crippen LogP contribution is 2.32. The minimum atomic E-state index is -3.49. The Morgan fingerprint density at radius 2 is 1.84 bits per heavy atom. The van der Waals surface area contributed by atoms with Crippen LogP contribution in [0.25, 0.3) is 0 Å². The molecule has 3 rings (SSSR count). The first-order chi connectivity index (χ1) is 11.9. The number of sulfonamides is 1. The van der Waals surface area contributed by atoms with E-state index in [-0.39, 0.29) is 5.41 Å². The van der Waals surface area contributed by atoms with E-state index < -0.39 is 10.0 Å². The molecule has 0 bridgehead atoms. The van der Waals surface area contributed by atoms with Crippen LogP contribution in [0.1, 0.15) is 36.8 Å². The number of nitrogens with zero attached hydrogens (tertiary/aromatic N) is 1. The zero-order valence-electron chi connectivity index (χ0n) is 15.4. The SMILES string of the molecule is Cc1ccc(C)c(S(=O)(=O)NCC2(CN3CCCC3)CCOCC2)c1. The van der Waals surface area contributed by atoms with E-state index in [1.165, 1.54) is 12.8 Å². The van der Waals surface area contributed by atoms with Crippen LogP contribution in [0.2, 0.25) is 0 Å². The van der Waals surface area contributed by atoms with Gasteiger partial charge in [0.2, 0.25) is 10.0 Å². The normalized spacial score (nSPS) is 21.5. The summed E-state index contributed by atoms with van der Waals surface area (Å²) >= 11 is 0. The van der Waals surface area contributed by atoms with Crippen molar-refractivity contribution in [2.75, 3.05) is 39.4 Å². The molecule has 0 aliphatic carbocycles. The molecule has 0 aromatic heterocycles. The van der Waals surface area contributed by atoms with Gasteiger partial charge in [0, 0.05) is 31.7 Å². The highest BCUT2D eigenvalue weighted by atomic mass is 32.2. The summed E-state index contributed by atoms with van der Waals surface area (Å²) in [4.78, 5) is 2.88. The lowest BCUT2D eigenvalue weighted by Crippen LogP contribution is -2.48. The topological polar surface area (TPSA) is 58.6 Å². The summed E-state index contributed by atoms with van der Waals surface area (Å²) in [6.45, 7) is 8.93. The molecule has 140 valence electrons. The number of ether oxygens (including phenoxy) is 1. The van der Waals surface area contributed by atoms with Gasteiger partial charge in [-0.05, 0) is 69.8 Å². The van der Waals surface area contributed by atoms with Gasteiger partial charge in [-0.2, -0.15) is 0 Å². The molecule has 1 aromatic rings. The fraction of sp³-hybridized carbons (Fsp3) is 0.684. The van der Waals surface area contributed by atoms with Crippen LogP contribution in [0.4, 0.5) is 0 Å². The molecule has 0 radical (unpaired) electrons. The molecule has 0 saturated carbocycles. The van der Waals surface area contributed by atoms with Crippen molar-refractivity contribution in [1.29, 1.82) is 0 Å². The molecule has 0 amide bonds. The smallest absolute Gasteiger partial charge is 0.240 e. The van der Waals surface area contributed by atoms with Gasteiger partial charge < -0.3 is 9.64 Å². The van der Waals surface area contributed by atoms with Crippen LogP contribution in [-0.2, 0) is 14.8 Å². The predicted molar refractivity (Wildman–Crippen MR) is 99.3 cm³/mol. The van der Waals surface area contributed by atoms with Crippen LogP contribution in [0.5, 0.6) is 0 Å². The number of hydrogen-bond donors (Lipinski definition) is 1. The van der Waals surface area contributed by atoms with E-state index in [1.807, 2.05) is 26.0 Å². The lowest BCUT2D eigenvalue weighted by molar-refractivity contribution is 0.00157. The van der Waals surface area contributed by atoms with E-state index >= 15 is 0 Å². The van der Waals surface area contributed by atoms with Gasteiger partial charge in [0.1, 0.15) is 0 Å². The van der Waals surface area contributed by atoms with E-state index in [2.05, 4.69) is 9.62 Å². The minimum absolute atomic E-state index is 0.0204. The summed E-state index contributed by atoms with van der Waals surface area (Å²) in [6.07, 6.45) is 4.33. The van der Waals surface area contributed by atoms with E-state index in [0.29, 0.717) is 11.4 Å². The Morgan fingerprint density at radius 1 is 1.16 bits per heavy atom. The van der Waals surface area contributed by atoms with Crippen molar-refractivity contribution >= 4 is 10.0 Å². The summed E-state index contributed by atoms with van der Waals surface area (Å²) in [5.74, 6) is 0. The average Bonchev–Trinajstić information content (AvgIpc) is 3.09. The molecule has 2 aliphatic rings. The Kier molecular flexibility index (Phi) is 5.83. The molecule has 1 N–H and O–H groups in total. The van der Waals surface area contributed by atoms with Gasteiger partial charge in [-0.15, -0.1) is 0 Å². The van der Waals surface area contributed by atoms with Crippen molar-refractivity contribution in [2.45, 2.75) is 44.4 Å². The van der Waals surface area contributed by atoms with Crippen molar-refractivity contribution in [2.24, 2.45) is 5.41 Å². The molecular formula is C19H30N2O3S. The fourth-order valence-corrected chi connectivity index (χ4v) is 5.42. The molecular weight excluding hydrogens is 336 g/mol. The highest BCUT2D eigenvalue weighted by molar-refractivity contribution is 7.89. The molecule has 25 heavy (non-hydrogen) atoms. The van der Waals surface area contributed by atoms with Crippen molar-refractivity contribution in [3.05, 3.63) is 29.3 Å². The number of nitrogens with one attached hydrogen (secondary N) is 1. The molecule has 0 atom stereocenters. The summed E-state index contributed by atoms with van der Waals surface area (Å²) in [7, 11) is -3.49. The number of benzene rings is 1. The molecule has 0 spiro atoms. The lowest BCUT2D eigenvalue weighted by Gasteiger charge is -2.40. The first-order valence-electron chi connectivity index (χ1n) is 9.27. The van der Waals surface area contributed by atoms with Crippen LogP contribution >= 0.6 is 0 Å². The third-order valence-electron chi connectivity index (χ3n) is 5.58. The van der Waals surface area contributed by atoms with Gasteiger partial charge in [0.15, 0.2) is 0 Å². The summed E-state index contributed by atoms with van der Waals surface area (Å²) in [5, 5.41) is 0. The summed E-state index contributed by atoms with van der Waals surface area (Å²) in [5.41, 5.74) is 1.73. The van der Waals surface area contributed by atoms with E-state index in [4.69, 9.17) is 4.74 Å². The average molecular weight is 367 g/mol. The molecule has 2 aliphatic heterocycles. The minimum Gasteiger partial charge on any atom is -0.381 e. The quantitative estimate of drug-likeness (QED) is 0.840. The third kappa shape index (κ3) is 4.61. The van der Waals surface area contributed by atoms with Crippen molar-refractivity contribution in [3.63, 3.8) is 0 Å². The van der Waals surface area contributed by atoms with E-state index in [1.54, 1.807) is 6.07 Å². The zero-order valence-corrected chi connectivity index (χ0v) is 16.2. The Labute approximate surface area is 151 Å².